The van der Waals surface area contributed by atoms with Gasteiger partial charge in [0.2, 0.25) is 5.91 Å². The number of halogens is 1. The fraction of sp³-hybridized carbons (Fsp3) is 0.208. The zero-order valence-electron chi connectivity index (χ0n) is 18.4. The van der Waals surface area contributed by atoms with E-state index in [9.17, 15) is 4.79 Å². The zero-order chi connectivity index (χ0) is 23.8. The maximum atomic E-state index is 12.3. The second-order valence-electron chi connectivity index (χ2n) is 7.05. The number of amides is 1. The number of ether oxygens (including phenoxy) is 2. The summed E-state index contributed by atoms with van der Waals surface area (Å²) in [6.07, 6.45) is 1.57. The van der Waals surface area contributed by atoms with Gasteiger partial charge in [-0.25, -0.2) is 0 Å². The summed E-state index contributed by atoms with van der Waals surface area (Å²) in [6, 6.07) is 18.3. The van der Waals surface area contributed by atoms with E-state index in [1.807, 2.05) is 47.9 Å². The number of aromatic nitrogens is 3. The van der Waals surface area contributed by atoms with Gasteiger partial charge in [-0.3, -0.25) is 9.36 Å². The Morgan fingerprint density at radius 2 is 1.79 bits per heavy atom. The number of furan rings is 1. The van der Waals surface area contributed by atoms with E-state index in [0.29, 0.717) is 40.7 Å². The molecule has 0 spiro atoms. The van der Waals surface area contributed by atoms with Gasteiger partial charge in [0.05, 0.1) is 25.2 Å². The van der Waals surface area contributed by atoms with Gasteiger partial charge in [-0.05, 0) is 67.6 Å². The lowest BCUT2D eigenvalue weighted by molar-refractivity contribution is -0.118. The number of hydrogen-bond acceptors (Lipinski definition) is 7. The topological polar surface area (TPSA) is 91.4 Å². The molecule has 1 N–H and O–H groups in total. The number of nitrogens with zero attached hydrogens (tertiary/aromatic N) is 3. The second-order valence-corrected chi connectivity index (χ2v) is 8.43. The molecule has 0 radical (unpaired) electrons. The quantitative estimate of drug-likeness (QED) is 0.294. The van der Waals surface area contributed by atoms with Gasteiger partial charge in [0.15, 0.2) is 11.0 Å². The van der Waals surface area contributed by atoms with Gasteiger partial charge < -0.3 is 19.2 Å². The molecule has 34 heavy (non-hydrogen) atoms. The van der Waals surface area contributed by atoms with Crippen LogP contribution >= 0.6 is 23.4 Å². The van der Waals surface area contributed by atoms with E-state index in [1.165, 1.54) is 11.8 Å². The second kappa shape index (κ2) is 11.6. The Hall–Kier alpha value is -3.43. The van der Waals surface area contributed by atoms with Gasteiger partial charge in [-0.1, -0.05) is 23.4 Å². The molecule has 0 aliphatic rings. The Kier molecular flexibility index (Phi) is 8.11. The highest BCUT2D eigenvalue weighted by atomic mass is 35.5. The molecular weight excluding hydrogens is 476 g/mol. The molecule has 0 bridgehead atoms. The van der Waals surface area contributed by atoms with Crippen LogP contribution in [0.1, 0.15) is 18.5 Å². The van der Waals surface area contributed by atoms with Gasteiger partial charge in [-0.2, -0.15) is 0 Å². The number of hydrogen-bond donors (Lipinski definition) is 1. The lowest BCUT2D eigenvalue weighted by Crippen LogP contribution is -2.24. The minimum absolute atomic E-state index is 0.140. The normalized spacial score (nSPS) is 10.8. The highest BCUT2D eigenvalue weighted by Crippen LogP contribution is 2.25. The van der Waals surface area contributed by atoms with E-state index in [4.69, 9.17) is 25.5 Å². The first-order valence-corrected chi connectivity index (χ1v) is 12.0. The van der Waals surface area contributed by atoms with Crippen LogP contribution in [0.25, 0.3) is 5.69 Å². The fourth-order valence-electron chi connectivity index (χ4n) is 3.06. The standard InChI is InChI=1S/C24H23ClN4O4S/c1-2-31-19-9-11-20(12-10-19)33-15-22-27-28-24(29(22)18-7-5-17(25)6-8-18)34-16-23(30)26-14-21-4-3-13-32-21/h3-13H,2,14-16H2,1H3,(H,26,30). The Labute approximate surface area is 206 Å². The predicted octanol–water partition coefficient (Wildman–Crippen LogP) is 4.90. The largest absolute Gasteiger partial charge is 0.494 e. The molecule has 4 aromatic rings. The zero-order valence-corrected chi connectivity index (χ0v) is 20.0. The van der Waals surface area contributed by atoms with Crippen molar-refractivity contribution in [3.05, 3.63) is 83.5 Å². The van der Waals surface area contributed by atoms with Gasteiger partial charge >= 0.3 is 0 Å². The van der Waals surface area contributed by atoms with Crippen LogP contribution < -0.4 is 14.8 Å². The third-order valence-corrected chi connectivity index (χ3v) is 5.84. The number of nitrogens with one attached hydrogen (secondary N) is 1. The van der Waals surface area contributed by atoms with Crippen molar-refractivity contribution in [3.8, 4) is 17.2 Å². The number of thioether (sulfide) groups is 1. The summed E-state index contributed by atoms with van der Waals surface area (Å²) in [5.41, 5.74) is 0.818. The molecule has 1 amide bonds. The predicted molar refractivity (Wildman–Crippen MR) is 130 cm³/mol. The van der Waals surface area contributed by atoms with Crippen LogP contribution in [0, 0.1) is 0 Å². The minimum atomic E-state index is -0.140. The van der Waals surface area contributed by atoms with Gasteiger partial charge in [-0.15, -0.1) is 10.2 Å². The van der Waals surface area contributed by atoms with Crippen LogP contribution in [0.3, 0.4) is 0 Å². The molecule has 2 aromatic heterocycles. The maximum absolute atomic E-state index is 12.3. The number of carbonyl (C=O) groups excluding carboxylic acids is 1. The molecule has 0 atom stereocenters. The first-order valence-electron chi connectivity index (χ1n) is 10.6. The monoisotopic (exact) mass is 498 g/mol. The molecule has 0 saturated heterocycles. The van der Waals surface area contributed by atoms with E-state index in [1.54, 1.807) is 30.5 Å². The summed E-state index contributed by atoms with van der Waals surface area (Å²) in [6.45, 7) is 3.06. The van der Waals surface area contributed by atoms with Crippen LogP contribution in [0.2, 0.25) is 5.02 Å². The van der Waals surface area contributed by atoms with E-state index in [2.05, 4.69) is 15.5 Å². The number of rotatable bonds is 11. The third-order valence-electron chi connectivity index (χ3n) is 4.66. The summed E-state index contributed by atoms with van der Waals surface area (Å²) in [7, 11) is 0. The van der Waals surface area contributed by atoms with E-state index in [0.717, 1.165) is 11.4 Å². The molecular formula is C24H23ClN4O4S. The number of carbonyl (C=O) groups is 1. The number of benzene rings is 2. The van der Waals surface area contributed by atoms with Gasteiger partial charge in [0, 0.05) is 10.7 Å². The lowest BCUT2D eigenvalue weighted by atomic mass is 10.3. The van der Waals surface area contributed by atoms with E-state index < -0.39 is 0 Å². The summed E-state index contributed by atoms with van der Waals surface area (Å²) in [5.74, 6) is 2.78. The molecule has 2 heterocycles. The van der Waals surface area contributed by atoms with Crippen molar-refractivity contribution in [3.63, 3.8) is 0 Å². The molecule has 0 aliphatic carbocycles. The maximum Gasteiger partial charge on any atom is 0.230 e. The van der Waals surface area contributed by atoms with E-state index in [-0.39, 0.29) is 18.3 Å². The van der Waals surface area contributed by atoms with Crippen molar-refractivity contribution >= 4 is 29.3 Å². The minimum Gasteiger partial charge on any atom is -0.494 e. The van der Waals surface area contributed by atoms with Crippen molar-refractivity contribution in [1.82, 2.24) is 20.1 Å². The Morgan fingerprint density at radius 3 is 2.47 bits per heavy atom. The molecule has 4 rings (SSSR count). The van der Waals surface area contributed by atoms with Gasteiger partial charge in [0.25, 0.3) is 0 Å². The lowest BCUT2D eigenvalue weighted by Gasteiger charge is -2.12. The first kappa shape index (κ1) is 23.7. The van der Waals surface area contributed by atoms with Crippen LogP contribution in [0.4, 0.5) is 0 Å². The molecule has 0 saturated carbocycles. The highest BCUT2D eigenvalue weighted by Gasteiger charge is 2.17. The van der Waals surface area contributed by atoms with Crippen molar-refractivity contribution in [2.24, 2.45) is 0 Å². The van der Waals surface area contributed by atoms with Crippen molar-refractivity contribution in [1.29, 1.82) is 0 Å². The fourth-order valence-corrected chi connectivity index (χ4v) is 3.99. The third kappa shape index (κ3) is 6.33. The van der Waals surface area contributed by atoms with Crippen LogP contribution in [0.15, 0.2) is 76.5 Å². The first-order chi connectivity index (χ1) is 16.6. The smallest absolute Gasteiger partial charge is 0.230 e. The van der Waals surface area contributed by atoms with Crippen molar-refractivity contribution in [2.45, 2.75) is 25.2 Å². The molecule has 0 fully saturated rings. The SMILES string of the molecule is CCOc1ccc(OCc2nnc(SCC(=O)NCc3ccco3)n2-c2ccc(Cl)cc2)cc1. The molecule has 0 unspecified atom stereocenters. The van der Waals surface area contributed by atoms with Gasteiger partial charge in [0.1, 0.15) is 23.9 Å². The van der Waals surface area contributed by atoms with Crippen molar-refractivity contribution in [2.75, 3.05) is 12.4 Å². The molecule has 176 valence electrons. The average molecular weight is 499 g/mol. The Morgan fingerprint density at radius 1 is 1.06 bits per heavy atom. The summed E-state index contributed by atoms with van der Waals surface area (Å²) in [4.78, 5) is 12.3. The highest BCUT2D eigenvalue weighted by molar-refractivity contribution is 7.99. The summed E-state index contributed by atoms with van der Waals surface area (Å²) in [5, 5.41) is 12.6. The van der Waals surface area contributed by atoms with Crippen LogP contribution in [-0.2, 0) is 17.9 Å². The average Bonchev–Trinajstić information content (AvgIpc) is 3.52. The van der Waals surface area contributed by atoms with E-state index >= 15 is 0 Å². The van der Waals surface area contributed by atoms with Crippen molar-refractivity contribution < 1.29 is 18.7 Å². The molecule has 10 heteroatoms. The molecule has 2 aromatic carbocycles. The summed E-state index contributed by atoms with van der Waals surface area (Å²) < 4.78 is 18.5. The summed E-state index contributed by atoms with van der Waals surface area (Å²) >= 11 is 7.35. The van der Waals surface area contributed by atoms with Crippen LogP contribution in [-0.4, -0.2) is 33.0 Å². The van der Waals surface area contributed by atoms with Crippen LogP contribution in [0.5, 0.6) is 11.5 Å². The Balaban J connectivity index is 1.45. The Bertz CT molecular complexity index is 1190. The molecule has 0 aliphatic heterocycles. The molecule has 8 nitrogen and oxygen atoms in total.